The quantitative estimate of drug-likeness (QED) is 0.826. The van der Waals surface area contributed by atoms with E-state index in [4.69, 9.17) is 4.42 Å². The van der Waals surface area contributed by atoms with Crippen molar-refractivity contribution in [3.8, 4) is 0 Å². The number of aliphatic hydroxyl groups excluding tert-OH is 1. The van der Waals surface area contributed by atoms with Gasteiger partial charge >= 0.3 is 0 Å². The van der Waals surface area contributed by atoms with Crippen LogP contribution in [-0.2, 0) is 0 Å². The van der Waals surface area contributed by atoms with Crippen LogP contribution in [0.25, 0.3) is 0 Å². The lowest BCUT2D eigenvalue weighted by atomic mass is 10.2. The maximum atomic E-state index is 9.86. The molecule has 0 aliphatic carbocycles. The van der Waals surface area contributed by atoms with Crippen LogP contribution >= 0.6 is 0 Å². The van der Waals surface area contributed by atoms with Crippen LogP contribution in [0.4, 0.5) is 0 Å². The highest BCUT2D eigenvalue weighted by Crippen LogP contribution is 2.17. The van der Waals surface area contributed by atoms with Gasteiger partial charge in [0.15, 0.2) is 0 Å². The molecule has 1 fully saturated rings. The molecule has 1 unspecified atom stereocenters. The Labute approximate surface area is 96.5 Å². The maximum absolute atomic E-state index is 9.86. The van der Waals surface area contributed by atoms with Gasteiger partial charge in [-0.25, -0.2) is 0 Å². The van der Waals surface area contributed by atoms with Crippen molar-refractivity contribution in [1.29, 1.82) is 0 Å². The van der Waals surface area contributed by atoms with E-state index in [1.807, 2.05) is 12.1 Å². The monoisotopic (exact) mass is 224 g/mol. The van der Waals surface area contributed by atoms with Gasteiger partial charge in [-0.1, -0.05) is 0 Å². The first-order valence-electron chi connectivity index (χ1n) is 5.88. The van der Waals surface area contributed by atoms with Crippen molar-refractivity contribution in [3.63, 3.8) is 0 Å². The van der Waals surface area contributed by atoms with E-state index in [1.54, 1.807) is 6.26 Å². The molecule has 1 aromatic rings. The Balaban J connectivity index is 1.71. The number of piperazine rings is 1. The minimum Gasteiger partial charge on any atom is -0.467 e. The molecule has 1 aliphatic rings. The van der Waals surface area contributed by atoms with Gasteiger partial charge in [-0.2, -0.15) is 0 Å². The van der Waals surface area contributed by atoms with Crippen LogP contribution in [0, 0.1) is 0 Å². The lowest BCUT2D eigenvalue weighted by Crippen LogP contribution is -2.44. The van der Waals surface area contributed by atoms with Crippen molar-refractivity contribution < 1.29 is 9.52 Å². The molecule has 16 heavy (non-hydrogen) atoms. The second-order valence-electron chi connectivity index (χ2n) is 4.46. The molecule has 4 nitrogen and oxygen atoms in total. The highest BCUT2D eigenvalue weighted by atomic mass is 16.4. The molecule has 2 rings (SSSR count). The summed E-state index contributed by atoms with van der Waals surface area (Å²) in [5.41, 5.74) is 0. The summed E-state index contributed by atoms with van der Waals surface area (Å²) in [6, 6.07) is 3.64. The zero-order valence-corrected chi connectivity index (χ0v) is 9.80. The number of aliphatic hydroxyl groups is 1. The fourth-order valence-electron chi connectivity index (χ4n) is 2.00. The van der Waals surface area contributed by atoms with E-state index in [1.165, 1.54) is 0 Å². The van der Waals surface area contributed by atoms with E-state index >= 15 is 0 Å². The smallest absolute Gasteiger partial charge is 0.132 e. The summed E-state index contributed by atoms with van der Waals surface area (Å²) in [5.74, 6) is 0.675. The van der Waals surface area contributed by atoms with Crippen LogP contribution in [0.15, 0.2) is 22.8 Å². The highest BCUT2D eigenvalue weighted by molar-refractivity contribution is 5.01. The van der Waals surface area contributed by atoms with E-state index in [2.05, 4.69) is 16.8 Å². The molecule has 0 radical (unpaired) electrons. The largest absolute Gasteiger partial charge is 0.467 e. The molecule has 2 heterocycles. The van der Waals surface area contributed by atoms with Gasteiger partial charge in [-0.05, 0) is 25.6 Å². The number of hydrogen-bond donors (Lipinski definition) is 1. The summed E-state index contributed by atoms with van der Waals surface area (Å²) in [6.07, 6.45) is 1.89. The van der Waals surface area contributed by atoms with Gasteiger partial charge in [0.25, 0.3) is 0 Å². The van der Waals surface area contributed by atoms with Gasteiger partial charge in [-0.15, -0.1) is 0 Å². The van der Waals surface area contributed by atoms with Crippen molar-refractivity contribution in [2.45, 2.75) is 12.5 Å². The summed E-state index contributed by atoms with van der Waals surface area (Å²) in [5, 5.41) is 9.86. The SMILES string of the molecule is CN1CCN(CCC(O)c2ccco2)CC1. The van der Waals surface area contributed by atoms with Gasteiger partial charge in [0.05, 0.1) is 6.26 Å². The normalized spacial score (nSPS) is 21.1. The highest BCUT2D eigenvalue weighted by Gasteiger charge is 2.16. The molecule has 0 saturated carbocycles. The molecule has 1 atom stereocenters. The molecule has 1 N–H and O–H groups in total. The molecule has 1 aromatic heterocycles. The van der Waals surface area contributed by atoms with Crippen LogP contribution in [0.5, 0.6) is 0 Å². The number of furan rings is 1. The number of rotatable bonds is 4. The molecule has 0 bridgehead atoms. The van der Waals surface area contributed by atoms with Crippen molar-refractivity contribution in [2.24, 2.45) is 0 Å². The van der Waals surface area contributed by atoms with E-state index < -0.39 is 6.10 Å². The van der Waals surface area contributed by atoms with E-state index in [0.29, 0.717) is 5.76 Å². The Hall–Kier alpha value is -0.840. The Bertz CT molecular complexity index is 292. The third-order valence-electron chi connectivity index (χ3n) is 3.19. The van der Waals surface area contributed by atoms with Gasteiger partial charge in [-0.3, -0.25) is 0 Å². The summed E-state index contributed by atoms with van der Waals surface area (Å²) < 4.78 is 5.18. The van der Waals surface area contributed by atoms with Crippen LogP contribution < -0.4 is 0 Å². The second-order valence-corrected chi connectivity index (χ2v) is 4.46. The number of hydrogen-bond acceptors (Lipinski definition) is 4. The minimum atomic E-state index is -0.463. The predicted molar refractivity (Wildman–Crippen MR) is 62.2 cm³/mol. The second kappa shape index (κ2) is 5.48. The Morgan fingerprint density at radius 2 is 2.12 bits per heavy atom. The van der Waals surface area contributed by atoms with Crippen LogP contribution in [0.2, 0.25) is 0 Å². The molecule has 1 aliphatic heterocycles. The maximum Gasteiger partial charge on any atom is 0.132 e. The van der Waals surface area contributed by atoms with Gasteiger partial charge < -0.3 is 19.3 Å². The van der Waals surface area contributed by atoms with Crippen LogP contribution in [-0.4, -0.2) is 54.7 Å². The summed E-state index contributed by atoms with van der Waals surface area (Å²) >= 11 is 0. The predicted octanol–water partition coefficient (Wildman–Crippen LogP) is 0.950. The topological polar surface area (TPSA) is 39.9 Å². The average molecular weight is 224 g/mol. The zero-order chi connectivity index (χ0) is 11.4. The first kappa shape index (κ1) is 11.6. The summed E-state index contributed by atoms with van der Waals surface area (Å²) in [6.45, 7) is 5.38. The molecule has 0 amide bonds. The molecular weight excluding hydrogens is 204 g/mol. The third-order valence-corrected chi connectivity index (χ3v) is 3.19. The molecule has 0 spiro atoms. The van der Waals surface area contributed by atoms with Crippen LogP contribution in [0.3, 0.4) is 0 Å². The first-order valence-corrected chi connectivity index (χ1v) is 5.88. The molecule has 90 valence electrons. The Morgan fingerprint density at radius 1 is 1.38 bits per heavy atom. The minimum absolute atomic E-state index is 0.463. The first-order chi connectivity index (χ1) is 7.75. The van der Waals surface area contributed by atoms with E-state index in [-0.39, 0.29) is 0 Å². The lowest BCUT2D eigenvalue weighted by Gasteiger charge is -2.32. The standard InChI is InChI=1S/C12H20N2O2/c1-13-6-8-14(9-7-13)5-4-11(15)12-3-2-10-16-12/h2-3,10-11,15H,4-9H2,1H3. The van der Waals surface area contributed by atoms with Crippen molar-refractivity contribution in [3.05, 3.63) is 24.2 Å². The van der Waals surface area contributed by atoms with E-state index in [0.717, 1.165) is 39.1 Å². The summed E-state index contributed by atoms with van der Waals surface area (Å²) in [4.78, 5) is 4.73. The fraction of sp³-hybridized carbons (Fsp3) is 0.667. The third kappa shape index (κ3) is 3.07. The van der Waals surface area contributed by atoms with Crippen molar-refractivity contribution in [1.82, 2.24) is 9.80 Å². The summed E-state index contributed by atoms with van der Waals surface area (Å²) in [7, 11) is 2.15. The molecule has 1 saturated heterocycles. The molecular formula is C12H20N2O2. The lowest BCUT2D eigenvalue weighted by molar-refractivity contribution is 0.100. The average Bonchev–Trinajstić information content (AvgIpc) is 2.81. The fourth-order valence-corrected chi connectivity index (χ4v) is 2.00. The van der Waals surface area contributed by atoms with Gasteiger partial charge in [0.1, 0.15) is 11.9 Å². The molecule has 4 heteroatoms. The van der Waals surface area contributed by atoms with Crippen molar-refractivity contribution in [2.75, 3.05) is 39.8 Å². The van der Waals surface area contributed by atoms with E-state index in [9.17, 15) is 5.11 Å². The zero-order valence-electron chi connectivity index (χ0n) is 9.80. The number of nitrogens with zero attached hydrogens (tertiary/aromatic N) is 2. The number of likely N-dealkylation sites (N-methyl/N-ethyl adjacent to an activating group) is 1. The van der Waals surface area contributed by atoms with Gasteiger partial charge in [0, 0.05) is 32.7 Å². The molecule has 0 aromatic carbocycles. The van der Waals surface area contributed by atoms with Crippen LogP contribution in [0.1, 0.15) is 18.3 Å². The Kier molecular flexibility index (Phi) is 3.98. The van der Waals surface area contributed by atoms with Crippen molar-refractivity contribution >= 4 is 0 Å². The van der Waals surface area contributed by atoms with Gasteiger partial charge in [0.2, 0.25) is 0 Å². The Morgan fingerprint density at radius 3 is 2.75 bits per heavy atom.